The molecule has 0 fully saturated rings. The average molecular weight is 440 g/mol. The first-order valence-electron chi connectivity index (χ1n) is 10.3. The summed E-state index contributed by atoms with van der Waals surface area (Å²) >= 11 is 0. The smallest absolute Gasteiger partial charge is 0.462 e. The van der Waals surface area contributed by atoms with Crippen molar-refractivity contribution in [3.05, 3.63) is 0 Å². The Hall–Kier alpha value is -0.990. The fourth-order valence-corrected chi connectivity index (χ4v) is 2.90. The second kappa shape index (κ2) is 14.9. The van der Waals surface area contributed by atoms with Gasteiger partial charge in [-0.05, 0) is 6.42 Å². The number of rotatable bonds is 17. The van der Waals surface area contributed by atoms with Gasteiger partial charge in [0.2, 0.25) is 0 Å². The molecule has 0 aromatic carbocycles. The summed E-state index contributed by atoms with van der Waals surface area (Å²) in [6.07, 6.45) is 4.47. The number of likely N-dealkylation sites (N-methyl/N-ethyl adjacent to an activating group) is 1. The first kappa shape index (κ1) is 28.0. The van der Waals surface area contributed by atoms with E-state index in [1.807, 2.05) is 21.1 Å². The number of esters is 2. The van der Waals surface area contributed by atoms with Crippen LogP contribution in [0, 0.1) is 0 Å². The monoisotopic (exact) mass is 440 g/mol. The van der Waals surface area contributed by atoms with Gasteiger partial charge >= 0.3 is 19.8 Å². The van der Waals surface area contributed by atoms with E-state index >= 15 is 0 Å². The number of nitrogens with zero attached hydrogens (tertiary/aromatic N) is 1. The van der Waals surface area contributed by atoms with Crippen LogP contribution in [0.2, 0.25) is 0 Å². The standard InChI is InChI=1S/C19H38NO8P/c1-6-8-9-10-11-12-19(22)25-15-17(28-18(21)7-2)16-27-29(23,24)26-14-13-20(3,4)5/h17H,6-16H2,1-5H3/p+1/t17-/m0/s1. The van der Waals surface area contributed by atoms with Gasteiger partial charge in [-0.25, -0.2) is 4.57 Å². The molecule has 0 aliphatic rings. The molecule has 29 heavy (non-hydrogen) atoms. The minimum absolute atomic E-state index is 0.0315. The maximum Gasteiger partial charge on any atom is 0.472 e. The Morgan fingerprint density at radius 3 is 2.21 bits per heavy atom. The number of phosphoric acid groups is 1. The molecular weight excluding hydrogens is 401 g/mol. The highest BCUT2D eigenvalue weighted by Crippen LogP contribution is 2.43. The van der Waals surface area contributed by atoms with Gasteiger partial charge in [0.25, 0.3) is 0 Å². The summed E-state index contributed by atoms with van der Waals surface area (Å²) in [5.41, 5.74) is 0. The molecule has 10 heteroatoms. The predicted molar refractivity (Wildman–Crippen MR) is 109 cm³/mol. The van der Waals surface area contributed by atoms with Crippen LogP contribution in [0.4, 0.5) is 0 Å². The number of phosphoric ester groups is 1. The lowest BCUT2D eigenvalue weighted by Crippen LogP contribution is -2.37. The zero-order chi connectivity index (χ0) is 22.3. The summed E-state index contributed by atoms with van der Waals surface area (Å²) in [6.45, 7) is 3.63. The van der Waals surface area contributed by atoms with Crippen LogP contribution in [0.5, 0.6) is 0 Å². The molecule has 0 amide bonds. The lowest BCUT2D eigenvalue weighted by atomic mass is 10.1. The van der Waals surface area contributed by atoms with Gasteiger partial charge in [0.05, 0.1) is 27.7 Å². The maximum absolute atomic E-state index is 12.0. The summed E-state index contributed by atoms with van der Waals surface area (Å²) in [5, 5.41) is 0. The van der Waals surface area contributed by atoms with E-state index in [4.69, 9.17) is 18.5 Å². The minimum atomic E-state index is -4.30. The van der Waals surface area contributed by atoms with Gasteiger partial charge in [-0.2, -0.15) is 0 Å². The maximum atomic E-state index is 12.0. The van der Waals surface area contributed by atoms with Crippen LogP contribution in [0.1, 0.15) is 58.8 Å². The van der Waals surface area contributed by atoms with Crippen molar-refractivity contribution in [1.82, 2.24) is 0 Å². The average Bonchev–Trinajstić information content (AvgIpc) is 2.62. The molecule has 0 aromatic rings. The van der Waals surface area contributed by atoms with E-state index in [-0.39, 0.29) is 26.1 Å². The van der Waals surface area contributed by atoms with Gasteiger partial charge in [0.1, 0.15) is 19.8 Å². The molecule has 0 saturated heterocycles. The van der Waals surface area contributed by atoms with Crippen LogP contribution in [0.15, 0.2) is 0 Å². The highest BCUT2D eigenvalue weighted by Gasteiger charge is 2.26. The third-order valence-electron chi connectivity index (χ3n) is 3.94. The molecule has 0 aliphatic carbocycles. The van der Waals surface area contributed by atoms with Crippen molar-refractivity contribution < 1.29 is 42.1 Å². The van der Waals surface area contributed by atoms with Gasteiger partial charge in [-0.1, -0.05) is 39.5 Å². The van der Waals surface area contributed by atoms with Crippen LogP contribution in [0.25, 0.3) is 0 Å². The highest BCUT2D eigenvalue weighted by atomic mass is 31.2. The molecule has 0 spiro atoms. The van der Waals surface area contributed by atoms with E-state index in [1.54, 1.807) is 6.92 Å². The lowest BCUT2D eigenvalue weighted by Gasteiger charge is -2.24. The molecule has 2 atom stereocenters. The molecule has 0 aromatic heterocycles. The molecule has 0 bridgehead atoms. The fraction of sp³-hybridized carbons (Fsp3) is 0.895. The van der Waals surface area contributed by atoms with Gasteiger partial charge in [-0.3, -0.25) is 18.6 Å². The van der Waals surface area contributed by atoms with Gasteiger partial charge < -0.3 is 18.9 Å². The zero-order valence-electron chi connectivity index (χ0n) is 18.6. The molecule has 0 rings (SSSR count). The van der Waals surface area contributed by atoms with Crippen molar-refractivity contribution in [3.63, 3.8) is 0 Å². The van der Waals surface area contributed by atoms with Crippen molar-refractivity contribution in [1.29, 1.82) is 0 Å². The third kappa shape index (κ3) is 17.6. The van der Waals surface area contributed by atoms with Crippen LogP contribution < -0.4 is 0 Å². The molecule has 1 N–H and O–H groups in total. The number of ether oxygens (including phenoxy) is 2. The van der Waals surface area contributed by atoms with E-state index in [0.717, 1.165) is 32.1 Å². The summed E-state index contributed by atoms with van der Waals surface area (Å²) < 4.78 is 32.7. The normalized spacial score (nSPS) is 14.8. The van der Waals surface area contributed by atoms with Crippen molar-refractivity contribution in [2.24, 2.45) is 0 Å². The van der Waals surface area contributed by atoms with Gasteiger partial charge in [0.15, 0.2) is 6.10 Å². The van der Waals surface area contributed by atoms with Crippen LogP contribution in [-0.2, 0) is 32.7 Å². The molecule has 1 unspecified atom stereocenters. The van der Waals surface area contributed by atoms with Crippen molar-refractivity contribution in [3.8, 4) is 0 Å². The van der Waals surface area contributed by atoms with Crippen LogP contribution in [-0.4, -0.2) is 74.9 Å². The minimum Gasteiger partial charge on any atom is -0.462 e. The van der Waals surface area contributed by atoms with Crippen molar-refractivity contribution >= 4 is 19.8 Å². The lowest BCUT2D eigenvalue weighted by molar-refractivity contribution is -0.870. The Balaban J connectivity index is 4.41. The molecule has 0 saturated carbocycles. The number of hydrogen-bond acceptors (Lipinski definition) is 7. The van der Waals surface area contributed by atoms with E-state index in [1.165, 1.54) is 0 Å². The van der Waals surface area contributed by atoms with Gasteiger partial charge in [-0.15, -0.1) is 0 Å². The second-order valence-electron chi connectivity index (χ2n) is 7.92. The summed E-state index contributed by atoms with van der Waals surface area (Å²) in [7, 11) is 1.46. The second-order valence-corrected chi connectivity index (χ2v) is 9.38. The fourth-order valence-electron chi connectivity index (χ4n) is 2.16. The van der Waals surface area contributed by atoms with Crippen molar-refractivity contribution in [2.45, 2.75) is 64.9 Å². The molecular formula is C19H39NO8P+. The molecule has 0 heterocycles. The molecule has 172 valence electrons. The number of unbranched alkanes of at least 4 members (excludes halogenated alkanes) is 4. The Labute approximate surface area is 174 Å². The predicted octanol–water partition coefficient (Wildman–Crippen LogP) is 3.05. The Morgan fingerprint density at radius 2 is 1.62 bits per heavy atom. The Bertz CT molecular complexity index is 521. The van der Waals surface area contributed by atoms with E-state index in [0.29, 0.717) is 11.0 Å². The first-order valence-corrected chi connectivity index (χ1v) is 11.8. The summed E-state index contributed by atoms with van der Waals surface area (Å²) in [5.74, 6) is -0.918. The van der Waals surface area contributed by atoms with E-state index in [2.05, 4.69) is 6.92 Å². The number of hydrogen-bond donors (Lipinski definition) is 1. The molecule has 0 aliphatic heterocycles. The third-order valence-corrected chi connectivity index (χ3v) is 4.93. The largest absolute Gasteiger partial charge is 0.472 e. The first-order chi connectivity index (χ1) is 13.5. The number of carbonyl (C=O) groups is 2. The Kier molecular flexibility index (Phi) is 14.4. The van der Waals surface area contributed by atoms with E-state index in [9.17, 15) is 19.0 Å². The SMILES string of the molecule is CCCCCCCC(=O)OC[C@@H](COP(=O)(O)OCC[N+](C)(C)C)OC(=O)CC. The van der Waals surface area contributed by atoms with Crippen LogP contribution in [0.3, 0.4) is 0 Å². The zero-order valence-corrected chi connectivity index (χ0v) is 19.4. The van der Waals surface area contributed by atoms with Crippen LogP contribution >= 0.6 is 7.82 Å². The van der Waals surface area contributed by atoms with Crippen molar-refractivity contribution in [2.75, 3.05) is 47.5 Å². The number of quaternary nitrogens is 1. The number of carbonyl (C=O) groups excluding carboxylic acids is 2. The quantitative estimate of drug-likeness (QED) is 0.159. The van der Waals surface area contributed by atoms with Gasteiger partial charge in [0, 0.05) is 12.8 Å². The molecule has 9 nitrogen and oxygen atoms in total. The summed E-state index contributed by atoms with van der Waals surface area (Å²) in [4.78, 5) is 33.2. The van der Waals surface area contributed by atoms with E-state index < -0.39 is 32.5 Å². The molecule has 0 radical (unpaired) electrons. The highest BCUT2D eigenvalue weighted by molar-refractivity contribution is 7.47. The summed E-state index contributed by atoms with van der Waals surface area (Å²) in [6, 6.07) is 0. The Morgan fingerprint density at radius 1 is 0.966 bits per heavy atom. The topological polar surface area (TPSA) is 108 Å².